The number of fused-ring (bicyclic) bond motifs is 2. The second-order valence-corrected chi connectivity index (χ2v) is 7.04. The summed E-state index contributed by atoms with van der Waals surface area (Å²) < 4.78 is 0.685. The van der Waals surface area contributed by atoms with Crippen LogP contribution in [-0.4, -0.2) is 17.5 Å². The van der Waals surface area contributed by atoms with Gasteiger partial charge in [-0.15, -0.1) is 0 Å². The van der Waals surface area contributed by atoms with Gasteiger partial charge >= 0.3 is 0 Å². The molecule has 0 heterocycles. The Hall–Kier alpha value is -3.25. The van der Waals surface area contributed by atoms with Crippen LogP contribution in [0.25, 0.3) is 0 Å². The molecule has 3 aromatic carbocycles. The van der Waals surface area contributed by atoms with E-state index < -0.39 is 0 Å². The maximum atomic E-state index is 13.1. The van der Waals surface area contributed by atoms with Crippen molar-refractivity contribution in [1.82, 2.24) is 0 Å². The van der Waals surface area contributed by atoms with Gasteiger partial charge in [-0.25, -0.2) is 0 Å². The Bertz CT molecular complexity index is 1120. The number of carbonyl (C=O) groups excluding carboxylic acids is 3. The minimum Gasteiger partial charge on any atom is -0.398 e. The van der Waals surface area contributed by atoms with E-state index in [4.69, 9.17) is 5.73 Å². The van der Waals surface area contributed by atoms with Gasteiger partial charge in [0.2, 0.25) is 0 Å². The molecule has 0 saturated heterocycles. The Morgan fingerprint density at radius 1 is 0.852 bits per heavy atom. The largest absolute Gasteiger partial charge is 0.398 e. The van der Waals surface area contributed by atoms with Gasteiger partial charge in [0.1, 0.15) is 0 Å². The number of ketones is 2. The third-order valence-corrected chi connectivity index (χ3v) is 4.94. The average Bonchev–Trinajstić information content (AvgIpc) is 2.68. The first-order valence-corrected chi connectivity index (χ1v) is 8.94. The van der Waals surface area contributed by atoms with Crippen LogP contribution in [0.15, 0.2) is 65.1 Å². The van der Waals surface area contributed by atoms with Gasteiger partial charge in [0.15, 0.2) is 11.6 Å². The Balaban J connectivity index is 1.84. The predicted octanol–water partition coefficient (Wildman–Crippen LogP) is 4.06. The molecule has 0 saturated carbocycles. The van der Waals surface area contributed by atoms with Gasteiger partial charge in [0.25, 0.3) is 5.91 Å². The second kappa shape index (κ2) is 6.48. The fourth-order valence-corrected chi connectivity index (χ4v) is 3.52. The SMILES string of the molecule is Nc1ccc(NC(=O)c2ccccc2)c2c1C(=O)c1ccc(Br)cc1C2=O. The molecular weight excluding hydrogens is 408 g/mol. The zero-order valence-electron chi connectivity index (χ0n) is 14.0. The Labute approximate surface area is 163 Å². The molecule has 132 valence electrons. The van der Waals surface area contributed by atoms with Crippen LogP contribution >= 0.6 is 15.9 Å². The summed E-state index contributed by atoms with van der Waals surface area (Å²) in [5, 5.41) is 2.73. The molecule has 1 aliphatic carbocycles. The van der Waals surface area contributed by atoms with Crippen LogP contribution < -0.4 is 11.1 Å². The van der Waals surface area contributed by atoms with Crippen LogP contribution in [0.5, 0.6) is 0 Å². The number of nitrogen functional groups attached to an aromatic ring is 1. The molecule has 0 radical (unpaired) electrons. The number of hydrogen-bond acceptors (Lipinski definition) is 4. The minimum absolute atomic E-state index is 0.120. The number of hydrogen-bond donors (Lipinski definition) is 2. The lowest BCUT2D eigenvalue weighted by atomic mass is 9.82. The lowest BCUT2D eigenvalue weighted by molar-refractivity contribution is 0.0979. The van der Waals surface area contributed by atoms with Crippen molar-refractivity contribution in [1.29, 1.82) is 0 Å². The lowest BCUT2D eigenvalue weighted by Crippen LogP contribution is -2.25. The van der Waals surface area contributed by atoms with Crippen LogP contribution in [-0.2, 0) is 0 Å². The highest BCUT2D eigenvalue weighted by atomic mass is 79.9. The first kappa shape index (κ1) is 17.2. The standard InChI is InChI=1S/C21H13BrN2O3/c22-12-6-7-13-14(10-12)20(26)18-16(9-8-15(23)17(18)19(13)25)24-21(27)11-4-2-1-3-5-11/h1-10H,23H2,(H,24,27). The number of amides is 1. The highest BCUT2D eigenvalue weighted by molar-refractivity contribution is 9.10. The van der Waals surface area contributed by atoms with Crippen molar-refractivity contribution in [3.05, 3.63) is 93.0 Å². The topological polar surface area (TPSA) is 89.3 Å². The quantitative estimate of drug-likeness (QED) is 0.478. The highest BCUT2D eigenvalue weighted by Gasteiger charge is 2.34. The molecule has 4 rings (SSSR count). The van der Waals surface area contributed by atoms with Gasteiger partial charge in [0.05, 0.1) is 16.8 Å². The number of anilines is 2. The Kier molecular flexibility index (Phi) is 4.12. The van der Waals surface area contributed by atoms with Crippen LogP contribution in [0, 0.1) is 0 Å². The molecule has 0 fully saturated rings. The summed E-state index contributed by atoms with van der Waals surface area (Å²) in [6.07, 6.45) is 0. The van der Waals surface area contributed by atoms with Gasteiger partial charge in [-0.3, -0.25) is 14.4 Å². The molecule has 0 atom stereocenters. The lowest BCUT2D eigenvalue weighted by Gasteiger charge is -2.22. The molecule has 0 unspecified atom stereocenters. The van der Waals surface area contributed by atoms with Crippen LogP contribution in [0.3, 0.4) is 0 Å². The van der Waals surface area contributed by atoms with E-state index in [1.807, 2.05) is 0 Å². The first-order chi connectivity index (χ1) is 13.0. The van der Waals surface area contributed by atoms with E-state index in [2.05, 4.69) is 21.2 Å². The van der Waals surface area contributed by atoms with Gasteiger partial charge in [-0.1, -0.05) is 34.1 Å². The molecule has 6 heteroatoms. The van der Waals surface area contributed by atoms with E-state index in [1.54, 1.807) is 54.6 Å². The predicted molar refractivity (Wildman–Crippen MR) is 106 cm³/mol. The number of rotatable bonds is 2. The molecule has 3 N–H and O–H groups in total. The van der Waals surface area contributed by atoms with Crippen molar-refractivity contribution >= 4 is 44.8 Å². The Morgan fingerprint density at radius 3 is 2.30 bits per heavy atom. The Morgan fingerprint density at radius 2 is 1.56 bits per heavy atom. The number of nitrogens with two attached hydrogens (primary N) is 1. The van der Waals surface area contributed by atoms with E-state index >= 15 is 0 Å². The van der Waals surface area contributed by atoms with Crippen molar-refractivity contribution < 1.29 is 14.4 Å². The third-order valence-electron chi connectivity index (χ3n) is 4.45. The fraction of sp³-hybridized carbons (Fsp3) is 0. The summed E-state index contributed by atoms with van der Waals surface area (Å²) >= 11 is 3.32. The maximum Gasteiger partial charge on any atom is 0.255 e. The molecule has 0 spiro atoms. The summed E-state index contributed by atoms with van der Waals surface area (Å²) in [5.41, 5.74) is 7.73. The first-order valence-electron chi connectivity index (χ1n) is 8.15. The number of nitrogens with one attached hydrogen (secondary N) is 1. The highest BCUT2D eigenvalue weighted by Crippen LogP contribution is 2.36. The molecule has 0 aliphatic heterocycles. The molecule has 0 bridgehead atoms. The summed E-state index contributed by atoms with van der Waals surface area (Å²) in [5.74, 6) is -1.06. The van der Waals surface area contributed by atoms with Gasteiger partial charge in [-0.2, -0.15) is 0 Å². The summed E-state index contributed by atoms with van der Waals surface area (Å²) in [6.45, 7) is 0. The van der Waals surface area contributed by atoms with E-state index in [1.165, 1.54) is 6.07 Å². The zero-order valence-corrected chi connectivity index (χ0v) is 15.5. The molecule has 27 heavy (non-hydrogen) atoms. The van der Waals surface area contributed by atoms with E-state index in [-0.39, 0.29) is 45.5 Å². The van der Waals surface area contributed by atoms with Crippen LogP contribution in [0.1, 0.15) is 42.2 Å². The molecule has 1 amide bonds. The summed E-state index contributed by atoms with van der Waals surface area (Å²) in [4.78, 5) is 38.6. The number of benzene rings is 3. The van der Waals surface area contributed by atoms with Crippen molar-refractivity contribution in [2.45, 2.75) is 0 Å². The van der Waals surface area contributed by atoms with Gasteiger partial charge < -0.3 is 11.1 Å². The van der Waals surface area contributed by atoms with Crippen molar-refractivity contribution in [2.75, 3.05) is 11.1 Å². The van der Waals surface area contributed by atoms with Crippen molar-refractivity contribution in [2.24, 2.45) is 0 Å². The van der Waals surface area contributed by atoms with Gasteiger partial charge in [-0.05, 0) is 42.5 Å². The second-order valence-electron chi connectivity index (χ2n) is 6.12. The number of halogens is 1. The average molecular weight is 421 g/mol. The van der Waals surface area contributed by atoms with E-state index in [0.29, 0.717) is 15.6 Å². The monoisotopic (exact) mass is 420 g/mol. The summed E-state index contributed by atoms with van der Waals surface area (Å²) in [7, 11) is 0. The normalized spacial score (nSPS) is 12.3. The van der Waals surface area contributed by atoms with E-state index in [0.717, 1.165) is 0 Å². The maximum absolute atomic E-state index is 13.1. The third kappa shape index (κ3) is 2.84. The smallest absolute Gasteiger partial charge is 0.255 e. The fourth-order valence-electron chi connectivity index (χ4n) is 3.16. The minimum atomic E-state index is -0.372. The van der Waals surface area contributed by atoms with Crippen LogP contribution in [0.4, 0.5) is 11.4 Å². The molecule has 0 aromatic heterocycles. The van der Waals surface area contributed by atoms with Crippen LogP contribution in [0.2, 0.25) is 0 Å². The molecule has 1 aliphatic rings. The zero-order chi connectivity index (χ0) is 19.1. The van der Waals surface area contributed by atoms with Gasteiger partial charge in [0, 0.05) is 26.9 Å². The van der Waals surface area contributed by atoms with E-state index in [9.17, 15) is 14.4 Å². The molecule has 3 aromatic rings. The molecule has 5 nitrogen and oxygen atoms in total. The number of carbonyl (C=O) groups is 3. The summed E-state index contributed by atoms with van der Waals surface area (Å²) in [6, 6.07) is 16.6. The van der Waals surface area contributed by atoms with Crippen molar-refractivity contribution in [3.8, 4) is 0 Å². The molecular formula is C21H13BrN2O3. The van der Waals surface area contributed by atoms with Crippen molar-refractivity contribution in [3.63, 3.8) is 0 Å².